The van der Waals surface area contributed by atoms with Gasteiger partial charge in [-0.2, -0.15) is 0 Å². The number of nitrogens with zero attached hydrogens (tertiary/aromatic N) is 2. The van der Waals surface area contributed by atoms with Gasteiger partial charge in [0.25, 0.3) is 0 Å². The fourth-order valence-electron chi connectivity index (χ4n) is 2.44. The van der Waals surface area contributed by atoms with E-state index in [1.807, 2.05) is 12.1 Å². The first-order valence-corrected chi connectivity index (χ1v) is 8.37. The Labute approximate surface area is 139 Å². The quantitative estimate of drug-likeness (QED) is 0.755. The highest BCUT2D eigenvalue weighted by molar-refractivity contribution is 9.10. The Kier molecular flexibility index (Phi) is 5.90. The topological polar surface area (TPSA) is 32.8 Å². The van der Waals surface area contributed by atoms with Crippen molar-refractivity contribution in [3.63, 3.8) is 0 Å². The first kappa shape index (κ1) is 16.6. The molecular weight excluding hydrogens is 356 g/mol. The van der Waals surface area contributed by atoms with E-state index in [1.165, 1.54) is 0 Å². The summed E-state index contributed by atoms with van der Waals surface area (Å²) in [5.74, 6) is -0.378. The minimum Gasteiger partial charge on any atom is -0.462 e. The van der Waals surface area contributed by atoms with Crippen LogP contribution in [0.3, 0.4) is 0 Å². The van der Waals surface area contributed by atoms with Gasteiger partial charge in [0, 0.05) is 36.3 Å². The summed E-state index contributed by atoms with van der Waals surface area (Å²) in [6.07, 6.45) is 0. The number of rotatable bonds is 4. The molecule has 0 radical (unpaired) electrons. The summed E-state index contributed by atoms with van der Waals surface area (Å²) in [5, 5.41) is 0.407. The van der Waals surface area contributed by atoms with Crippen molar-refractivity contribution in [1.82, 2.24) is 4.90 Å². The van der Waals surface area contributed by atoms with Crippen molar-refractivity contribution in [2.45, 2.75) is 13.8 Å². The molecule has 4 nitrogen and oxygen atoms in total. The van der Waals surface area contributed by atoms with Crippen molar-refractivity contribution in [3.8, 4) is 0 Å². The number of halogens is 2. The van der Waals surface area contributed by atoms with Crippen LogP contribution in [0, 0.1) is 0 Å². The molecule has 1 fully saturated rings. The monoisotopic (exact) mass is 374 g/mol. The average Bonchev–Trinajstić information content (AvgIpc) is 2.50. The molecule has 1 aromatic carbocycles. The van der Waals surface area contributed by atoms with E-state index in [0.29, 0.717) is 17.2 Å². The lowest BCUT2D eigenvalue weighted by atomic mass is 10.1. The number of carbonyl (C=O) groups is 1. The summed E-state index contributed by atoms with van der Waals surface area (Å²) in [5.41, 5.74) is 1.42. The molecular formula is C15H20BrClN2O2. The molecule has 0 N–H and O–H groups in total. The third-order valence-corrected chi connectivity index (χ3v) is 4.95. The SMILES string of the molecule is CCOC(=O)c1cc(N2CCN(CC)CC2)cc(Br)c1Cl. The van der Waals surface area contributed by atoms with E-state index in [2.05, 4.69) is 32.7 Å². The van der Waals surface area contributed by atoms with Crippen molar-refractivity contribution in [3.05, 3.63) is 27.2 Å². The highest BCUT2D eigenvalue weighted by Gasteiger charge is 2.20. The Morgan fingerprint density at radius 1 is 1.29 bits per heavy atom. The molecule has 0 amide bonds. The van der Waals surface area contributed by atoms with Crippen LogP contribution in [0.15, 0.2) is 16.6 Å². The second kappa shape index (κ2) is 7.47. The number of anilines is 1. The summed E-state index contributed by atoms with van der Waals surface area (Å²) < 4.78 is 5.79. The lowest BCUT2D eigenvalue weighted by molar-refractivity contribution is 0.0526. The van der Waals surface area contributed by atoms with Crippen molar-refractivity contribution in [2.24, 2.45) is 0 Å². The van der Waals surface area contributed by atoms with Crippen LogP contribution in [-0.4, -0.2) is 50.2 Å². The summed E-state index contributed by atoms with van der Waals surface area (Å²) in [7, 11) is 0. The van der Waals surface area contributed by atoms with Gasteiger partial charge in [-0.25, -0.2) is 4.79 Å². The third-order valence-electron chi connectivity index (χ3n) is 3.69. The lowest BCUT2D eigenvalue weighted by Crippen LogP contribution is -2.46. The number of esters is 1. The Balaban J connectivity index is 2.23. The molecule has 0 unspecified atom stereocenters. The van der Waals surface area contributed by atoms with Crippen molar-refractivity contribution in [1.29, 1.82) is 0 Å². The molecule has 1 aliphatic rings. The van der Waals surface area contributed by atoms with Gasteiger partial charge in [0.1, 0.15) is 0 Å². The van der Waals surface area contributed by atoms with Crippen LogP contribution in [0.5, 0.6) is 0 Å². The van der Waals surface area contributed by atoms with Gasteiger partial charge in [-0.15, -0.1) is 0 Å². The summed E-state index contributed by atoms with van der Waals surface area (Å²) in [6, 6.07) is 3.79. The van der Waals surface area contributed by atoms with E-state index in [4.69, 9.17) is 16.3 Å². The summed E-state index contributed by atoms with van der Waals surface area (Å²) in [4.78, 5) is 16.7. The van der Waals surface area contributed by atoms with Gasteiger partial charge in [-0.3, -0.25) is 0 Å². The third kappa shape index (κ3) is 3.90. The lowest BCUT2D eigenvalue weighted by Gasteiger charge is -2.35. The van der Waals surface area contributed by atoms with E-state index < -0.39 is 0 Å². The number of ether oxygens (including phenoxy) is 1. The summed E-state index contributed by atoms with van der Waals surface area (Å²) in [6.45, 7) is 9.34. The maximum Gasteiger partial charge on any atom is 0.339 e. The fraction of sp³-hybridized carbons (Fsp3) is 0.533. The zero-order chi connectivity index (χ0) is 15.4. The van der Waals surface area contributed by atoms with Gasteiger partial charge in [0.2, 0.25) is 0 Å². The molecule has 0 spiro atoms. The molecule has 0 saturated carbocycles. The maximum atomic E-state index is 12.0. The van der Waals surface area contributed by atoms with Gasteiger partial charge < -0.3 is 14.5 Å². The van der Waals surface area contributed by atoms with Crippen LogP contribution < -0.4 is 4.90 Å². The smallest absolute Gasteiger partial charge is 0.339 e. The first-order valence-electron chi connectivity index (χ1n) is 7.20. The predicted octanol–water partition coefficient (Wildman–Crippen LogP) is 3.42. The summed E-state index contributed by atoms with van der Waals surface area (Å²) >= 11 is 9.64. The van der Waals surface area contributed by atoms with E-state index in [0.717, 1.165) is 42.9 Å². The van der Waals surface area contributed by atoms with Gasteiger partial charge in [-0.1, -0.05) is 18.5 Å². The highest BCUT2D eigenvalue weighted by Crippen LogP contribution is 2.32. The molecule has 116 valence electrons. The minimum atomic E-state index is -0.378. The molecule has 1 saturated heterocycles. The van der Waals surface area contributed by atoms with Crippen LogP contribution >= 0.6 is 27.5 Å². The van der Waals surface area contributed by atoms with Crippen LogP contribution in [0.25, 0.3) is 0 Å². The molecule has 0 aliphatic carbocycles. The number of carbonyl (C=O) groups excluding carboxylic acids is 1. The van der Waals surface area contributed by atoms with Gasteiger partial charge in [0.15, 0.2) is 0 Å². The van der Waals surface area contributed by atoms with E-state index >= 15 is 0 Å². The van der Waals surface area contributed by atoms with Crippen molar-refractivity contribution in [2.75, 3.05) is 44.2 Å². The van der Waals surface area contributed by atoms with Crippen LogP contribution in [0.4, 0.5) is 5.69 Å². The second-order valence-corrected chi connectivity index (χ2v) is 6.16. The Hall–Kier alpha value is -0.780. The zero-order valence-corrected chi connectivity index (χ0v) is 14.7. The molecule has 1 heterocycles. The van der Waals surface area contributed by atoms with Crippen LogP contribution in [0.2, 0.25) is 5.02 Å². The maximum absolute atomic E-state index is 12.0. The minimum absolute atomic E-state index is 0.339. The molecule has 2 rings (SSSR count). The molecule has 0 aromatic heterocycles. The second-order valence-electron chi connectivity index (χ2n) is 4.93. The van der Waals surface area contributed by atoms with Crippen molar-refractivity contribution < 1.29 is 9.53 Å². The number of likely N-dealkylation sites (N-methyl/N-ethyl adjacent to an activating group) is 1. The fourth-order valence-corrected chi connectivity index (χ4v) is 3.07. The van der Waals surface area contributed by atoms with Crippen LogP contribution in [0.1, 0.15) is 24.2 Å². The average molecular weight is 376 g/mol. The normalized spacial score (nSPS) is 16.1. The molecule has 0 bridgehead atoms. The number of piperazine rings is 1. The van der Waals surface area contributed by atoms with Crippen molar-refractivity contribution >= 4 is 39.2 Å². The number of hydrogen-bond donors (Lipinski definition) is 0. The number of hydrogen-bond acceptors (Lipinski definition) is 4. The Morgan fingerprint density at radius 3 is 2.52 bits per heavy atom. The standard InChI is InChI=1S/C15H20BrClN2O2/c1-3-18-5-7-19(8-6-18)11-9-12(15(20)21-4-2)14(17)13(16)10-11/h9-10H,3-8H2,1-2H3. The van der Waals surface area contributed by atoms with Crippen LogP contribution in [-0.2, 0) is 4.74 Å². The molecule has 0 atom stereocenters. The van der Waals surface area contributed by atoms with E-state index in [1.54, 1.807) is 6.92 Å². The first-order chi connectivity index (χ1) is 10.1. The predicted molar refractivity (Wildman–Crippen MR) is 89.4 cm³/mol. The highest BCUT2D eigenvalue weighted by atomic mass is 79.9. The Bertz CT molecular complexity index is 517. The van der Waals surface area contributed by atoms with Gasteiger partial charge in [0.05, 0.1) is 17.2 Å². The van der Waals surface area contributed by atoms with Gasteiger partial charge in [-0.05, 0) is 41.5 Å². The molecule has 1 aliphatic heterocycles. The largest absolute Gasteiger partial charge is 0.462 e. The zero-order valence-electron chi connectivity index (χ0n) is 12.4. The number of benzene rings is 1. The van der Waals surface area contributed by atoms with E-state index in [-0.39, 0.29) is 5.97 Å². The Morgan fingerprint density at radius 2 is 1.95 bits per heavy atom. The molecule has 1 aromatic rings. The molecule has 6 heteroatoms. The van der Waals surface area contributed by atoms with Gasteiger partial charge >= 0.3 is 5.97 Å². The molecule has 21 heavy (non-hydrogen) atoms. The van der Waals surface area contributed by atoms with E-state index in [9.17, 15) is 4.79 Å².